The zero-order valence-electron chi connectivity index (χ0n) is 6.59. The lowest BCUT2D eigenvalue weighted by molar-refractivity contribution is 0.112. The van der Waals surface area contributed by atoms with Crippen molar-refractivity contribution in [2.45, 2.75) is 6.42 Å². The number of halogens is 1. The molecule has 0 unspecified atom stereocenters. The molecule has 1 aromatic carbocycles. The summed E-state index contributed by atoms with van der Waals surface area (Å²) in [7, 11) is 0. The number of rotatable bonds is 3. The minimum absolute atomic E-state index is 0.291. The van der Waals surface area contributed by atoms with E-state index in [0.29, 0.717) is 23.8 Å². The van der Waals surface area contributed by atoms with Gasteiger partial charge in [0.25, 0.3) is 0 Å². The van der Waals surface area contributed by atoms with Crippen LogP contribution in [0.3, 0.4) is 0 Å². The fraction of sp³-hybridized carbons (Fsp3) is 0.100. The summed E-state index contributed by atoms with van der Waals surface area (Å²) in [5.74, 6) is -0.291. The molecule has 0 saturated carbocycles. The van der Waals surface area contributed by atoms with Crippen LogP contribution < -0.4 is 0 Å². The number of carbonyl (C=O) groups is 1. The van der Waals surface area contributed by atoms with Gasteiger partial charge in [0.15, 0.2) is 0 Å². The molecule has 0 aliphatic heterocycles. The van der Waals surface area contributed by atoms with Gasteiger partial charge in [0, 0.05) is 5.56 Å². The van der Waals surface area contributed by atoms with Crippen LogP contribution in [0.2, 0.25) is 0 Å². The highest BCUT2D eigenvalue weighted by Crippen LogP contribution is 2.10. The van der Waals surface area contributed by atoms with Crippen LogP contribution in [0.15, 0.2) is 30.9 Å². The first-order chi connectivity index (χ1) is 5.77. The maximum Gasteiger partial charge on any atom is 0.150 e. The lowest BCUT2D eigenvalue weighted by Crippen LogP contribution is -1.90. The molecule has 0 atom stereocenters. The Morgan fingerprint density at radius 1 is 1.50 bits per heavy atom. The number of benzene rings is 1. The first-order valence-corrected chi connectivity index (χ1v) is 3.62. The molecule has 0 heterocycles. The lowest BCUT2D eigenvalue weighted by Gasteiger charge is -1.99. The van der Waals surface area contributed by atoms with Crippen molar-refractivity contribution >= 4 is 6.29 Å². The Hall–Kier alpha value is -1.44. The van der Waals surface area contributed by atoms with Crippen molar-refractivity contribution in [3.63, 3.8) is 0 Å². The summed E-state index contributed by atoms with van der Waals surface area (Å²) in [5, 5.41) is 0. The van der Waals surface area contributed by atoms with E-state index in [1.54, 1.807) is 6.08 Å². The van der Waals surface area contributed by atoms with E-state index in [1.165, 1.54) is 18.2 Å². The minimum atomic E-state index is -0.291. The van der Waals surface area contributed by atoms with Gasteiger partial charge < -0.3 is 0 Å². The summed E-state index contributed by atoms with van der Waals surface area (Å²) < 4.78 is 12.9. The van der Waals surface area contributed by atoms with Crippen LogP contribution in [0.1, 0.15) is 15.9 Å². The van der Waals surface area contributed by atoms with Crippen LogP contribution >= 0.6 is 0 Å². The van der Waals surface area contributed by atoms with Gasteiger partial charge in [-0.15, -0.1) is 6.58 Å². The van der Waals surface area contributed by atoms with Crippen molar-refractivity contribution in [1.82, 2.24) is 0 Å². The SMILES string of the molecule is C=CCc1cc(C=O)ccc1F. The molecular formula is C10H9FO. The summed E-state index contributed by atoms with van der Waals surface area (Å²) in [4.78, 5) is 10.3. The predicted octanol–water partition coefficient (Wildman–Crippen LogP) is 2.37. The van der Waals surface area contributed by atoms with Gasteiger partial charge in [0.1, 0.15) is 12.1 Å². The van der Waals surface area contributed by atoms with Crippen LogP contribution in [0, 0.1) is 5.82 Å². The molecule has 0 fully saturated rings. The van der Waals surface area contributed by atoms with Gasteiger partial charge in [-0.25, -0.2) is 4.39 Å². The second kappa shape index (κ2) is 3.81. The van der Waals surface area contributed by atoms with Crippen molar-refractivity contribution in [2.75, 3.05) is 0 Å². The minimum Gasteiger partial charge on any atom is -0.298 e. The standard InChI is InChI=1S/C10H9FO/c1-2-3-9-6-8(7-12)4-5-10(9)11/h2,4-7H,1,3H2. The molecule has 0 radical (unpaired) electrons. The molecule has 0 aliphatic carbocycles. The van der Waals surface area contributed by atoms with Crippen molar-refractivity contribution in [2.24, 2.45) is 0 Å². The molecule has 12 heavy (non-hydrogen) atoms. The lowest BCUT2D eigenvalue weighted by atomic mass is 10.1. The van der Waals surface area contributed by atoms with Gasteiger partial charge in [0.05, 0.1) is 0 Å². The van der Waals surface area contributed by atoms with Crippen LogP contribution in [0.25, 0.3) is 0 Å². The first kappa shape index (κ1) is 8.65. The summed E-state index contributed by atoms with van der Waals surface area (Å²) in [6.45, 7) is 3.50. The molecule has 2 heteroatoms. The van der Waals surface area contributed by atoms with E-state index in [1.807, 2.05) is 0 Å². The summed E-state index contributed by atoms with van der Waals surface area (Å²) >= 11 is 0. The third-order valence-corrected chi connectivity index (χ3v) is 1.57. The predicted molar refractivity (Wildman–Crippen MR) is 45.7 cm³/mol. The van der Waals surface area contributed by atoms with E-state index in [0.717, 1.165) is 0 Å². The Kier molecular flexibility index (Phi) is 2.75. The maximum absolute atomic E-state index is 12.9. The molecule has 1 rings (SSSR count). The van der Waals surface area contributed by atoms with E-state index in [2.05, 4.69) is 6.58 Å². The number of hydrogen-bond acceptors (Lipinski definition) is 1. The zero-order valence-corrected chi connectivity index (χ0v) is 6.59. The molecule has 0 aromatic heterocycles. The average Bonchev–Trinajstić information content (AvgIpc) is 2.09. The largest absolute Gasteiger partial charge is 0.298 e. The first-order valence-electron chi connectivity index (χ1n) is 3.62. The fourth-order valence-electron chi connectivity index (χ4n) is 0.980. The highest BCUT2D eigenvalue weighted by atomic mass is 19.1. The van der Waals surface area contributed by atoms with Gasteiger partial charge in [-0.3, -0.25) is 4.79 Å². The second-order valence-electron chi connectivity index (χ2n) is 2.46. The quantitative estimate of drug-likeness (QED) is 0.495. The molecule has 0 N–H and O–H groups in total. The Balaban J connectivity index is 3.06. The van der Waals surface area contributed by atoms with Crippen LogP contribution in [0.4, 0.5) is 4.39 Å². The van der Waals surface area contributed by atoms with Crippen LogP contribution in [-0.2, 0) is 6.42 Å². The number of allylic oxidation sites excluding steroid dienone is 1. The topological polar surface area (TPSA) is 17.1 Å². The van der Waals surface area contributed by atoms with E-state index >= 15 is 0 Å². The van der Waals surface area contributed by atoms with E-state index in [9.17, 15) is 9.18 Å². The van der Waals surface area contributed by atoms with Crippen LogP contribution in [0.5, 0.6) is 0 Å². The number of carbonyl (C=O) groups excluding carboxylic acids is 1. The normalized spacial score (nSPS) is 9.42. The molecule has 0 bridgehead atoms. The second-order valence-corrected chi connectivity index (χ2v) is 2.46. The Labute approximate surface area is 70.5 Å². The Bertz CT molecular complexity index is 305. The van der Waals surface area contributed by atoms with Gasteiger partial charge in [-0.05, 0) is 30.2 Å². The highest BCUT2D eigenvalue weighted by Gasteiger charge is 2.00. The summed E-state index contributed by atoms with van der Waals surface area (Å²) in [6.07, 6.45) is 2.76. The molecule has 0 spiro atoms. The van der Waals surface area contributed by atoms with Gasteiger partial charge in [0.2, 0.25) is 0 Å². The van der Waals surface area contributed by atoms with E-state index in [4.69, 9.17) is 0 Å². The number of aldehydes is 1. The monoisotopic (exact) mass is 164 g/mol. The smallest absolute Gasteiger partial charge is 0.150 e. The zero-order chi connectivity index (χ0) is 8.97. The van der Waals surface area contributed by atoms with Gasteiger partial charge in [-0.1, -0.05) is 6.08 Å². The van der Waals surface area contributed by atoms with Crippen LogP contribution in [-0.4, -0.2) is 6.29 Å². The molecule has 62 valence electrons. The Morgan fingerprint density at radius 3 is 2.83 bits per heavy atom. The third kappa shape index (κ3) is 1.78. The summed E-state index contributed by atoms with van der Waals surface area (Å²) in [5.41, 5.74) is 1.00. The molecule has 0 amide bonds. The number of hydrogen-bond donors (Lipinski definition) is 0. The molecule has 0 saturated heterocycles. The third-order valence-electron chi connectivity index (χ3n) is 1.57. The molecule has 1 aromatic rings. The summed E-state index contributed by atoms with van der Waals surface area (Å²) in [6, 6.07) is 4.28. The maximum atomic E-state index is 12.9. The van der Waals surface area contributed by atoms with Gasteiger partial charge in [-0.2, -0.15) is 0 Å². The Morgan fingerprint density at radius 2 is 2.25 bits per heavy atom. The van der Waals surface area contributed by atoms with E-state index in [-0.39, 0.29) is 5.82 Å². The van der Waals surface area contributed by atoms with Crippen molar-refractivity contribution in [1.29, 1.82) is 0 Å². The van der Waals surface area contributed by atoms with Gasteiger partial charge >= 0.3 is 0 Å². The van der Waals surface area contributed by atoms with Crippen molar-refractivity contribution < 1.29 is 9.18 Å². The molecule has 1 nitrogen and oxygen atoms in total. The average molecular weight is 164 g/mol. The van der Waals surface area contributed by atoms with E-state index < -0.39 is 0 Å². The highest BCUT2D eigenvalue weighted by molar-refractivity contribution is 5.75. The van der Waals surface area contributed by atoms with Crippen molar-refractivity contribution in [3.8, 4) is 0 Å². The molecular weight excluding hydrogens is 155 g/mol. The van der Waals surface area contributed by atoms with Crippen molar-refractivity contribution in [3.05, 3.63) is 47.8 Å². The fourth-order valence-corrected chi connectivity index (χ4v) is 0.980. The molecule has 0 aliphatic rings.